The molecule has 1 unspecified atom stereocenters. The van der Waals surface area contributed by atoms with Gasteiger partial charge in [0.25, 0.3) is 0 Å². The average molecular weight is 289 g/mol. The number of hydrogen-bond acceptors (Lipinski definition) is 2. The summed E-state index contributed by atoms with van der Waals surface area (Å²) in [7, 11) is 1.54. The predicted molar refractivity (Wildman–Crippen MR) is 74.1 cm³/mol. The molecule has 0 heterocycles. The van der Waals surface area contributed by atoms with Gasteiger partial charge in [-0.2, -0.15) is 13.2 Å². The Morgan fingerprint density at radius 2 is 2.00 bits per heavy atom. The van der Waals surface area contributed by atoms with Crippen LogP contribution >= 0.6 is 0 Å². The third kappa shape index (κ3) is 5.41. The standard InChI is InChI=1S/C15H22F3NO/c1-4-9-19-13(7-8-15(16,17)18)12-6-5-11(2)10-14(12)20-3/h5-6,10,13,19H,4,7-9H2,1-3H3. The fourth-order valence-corrected chi connectivity index (χ4v) is 2.10. The van der Waals surface area contributed by atoms with E-state index in [9.17, 15) is 13.2 Å². The molecule has 0 aliphatic heterocycles. The maximum absolute atomic E-state index is 12.4. The first-order valence-corrected chi connectivity index (χ1v) is 6.82. The molecule has 20 heavy (non-hydrogen) atoms. The van der Waals surface area contributed by atoms with Gasteiger partial charge in [0, 0.05) is 18.0 Å². The van der Waals surface area contributed by atoms with E-state index in [0.717, 1.165) is 17.5 Å². The van der Waals surface area contributed by atoms with E-state index in [-0.39, 0.29) is 12.5 Å². The van der Waals surface area contributed by atoms with E-state index in [4.69, 9.17) is 4.74 Å². The molecule has 0 aliphatic carbocycles. The van der Waals surface area contributed by atoms with Crippen LogP contribution in [-0.4, -0.2) is 19.8 Å². The molecule has 0 saturated carbocycles. The highest BCUT2D eigenvalue weighted by molar-refractivity contribution is 5.39. The Kier molecular flexibility index (Phi) is 6.33. The molecular weight excluding hydrogens is 267 g/mol. The molecule has 0 amide bonds. The third-order valence-electron chi connectivity index (χ3n) is 3.12. The Morgan fingerprint density at radius 1 is 1.30 bits per heavy atom. The first-order valence-electron chi connectivity index (χ1n) is 6.82. The average Bonchev–Trinajstić information content (AvgIpc) is 2.38. The van der Waals surface area contributed by atoms with Crippen molar-refractivity contribution in [1.82, 2.24) is 5.32 Å². The largest absolute Gasteiger partial charge is 0.496 e. The highest BCUT2D eigenvalue weighted by Crippen LogP contribution is 2.32. The lowest BCUT2D eigenvalue weighted by molar-refractivity contribution is -0.136. The maximum Gasteiger partial charge on any atom is 0.389 e. The number of alkyl halides is 3. The van der Waals surface area contributed by atoms with Crippen LogP contribution < -0.4 is 10.1 Å². The van der Waals surface area contributed by atoms with Gasteiger partial charge in [-0.3, -0.25) is 0 Å². The molecule has 2 nitrogen and oxygen atoms in total. The van der Waals surface area contributed by atoms with Crippen LogP contribution in [0.25, 0.3) is 0 Å². The zero-order valence-electron chi connectivity index (χ0n) is 12.2. The summed E-state index contributed by atoms with van der Waals surface area (Å²) < 4.78 is 42.6. The van der Waals surface area contributed by atoms with Crippen molar-refractivity contribution in [3.05, 3.63) is 29.3 Å². The molecule has 0 radical (unpaired) electrons. The van der Waals surface area contributed by atoms with Gasteiger partial charge in [0.2, 0.25) is 0 Å². The monoisotopic (exact) mass is 289 g/mol. The zero-order chi connectivity index (χ0) is 15.2. The topological polar surface area (TPSA) is 21.3 Å². The summed E-state index contributed by atoms with van der Waals surface area (Å²) in [4.78, 5) is 0. The molecule has 1 aromatic rings. The van der Waals surface area contributed by atoms with Crippen LogP contribution in [0, 0.1) is 6.92 Å². The lowest BCUT2D eigenvalue weighted by atomic mass is 9.99. The second-order valence-electron chi connectivity index (χ2n) is 4.91. The van der Waals surface area contributed by atoms with Crippen molar-refractivity contribution in [2.24, 2.45) is 0 Å². The SMILES string of the molecule is CCCNC(CCC(F)(F)F)c1ccc(C)cc1OC. The first-order chi connectivity index (χ1) is 9.37. The molecule has 0 bridgehead atoms. The molecule has 0 saturated heterocycles. The highest BCUT2D eigenvalue weighted by atomic mass is 19.4. The number of aryl methyl sites for hydroxylation is 1. The molecular formula is C15H22F3NO. The number of rotatable bonds is 7. The van der Waals surface area contributed by atoms with Crippen LogP contribution in [0.5, 0.6) is 5.75 Å². The fraction of sp³-hybridized carbons (Fsp3) is 0.600. The van der Waals surface area contributed by atoms with E-state index in [0.29, 0.717) is 12.3 Å². The van der Waals surface area contributed by atoms with Gasteiger partial charge in [-0.25, -0.2) is 0 Å². The van der Waals surface area contributed by atoms with E-state index < -0.39 is 12.6 Å². The Balaban J connectivity index is 2.91. The fourth-order valence-electron chi connectivity index (χ4n) is 2.10. The van der Waals surface area contributed by atoms with Crippen LogP contribution in [0.3, 0.4) is 0 Å². The molecule has 0 fully saturated rings. The van der Waals surface area contributed by atoms with Crippen LogP contribution in [-0.2, 0) is 0 Å². The molecule has 5 heteroatoms. The quantitative estimate of drug-likeness (QED) is 0.804. The molecule has 114 valence electrons. The first kappa shape index (κ1) is 16.8. The Bertz CT molecular complexity index is 418. The molecule has 0 aliphatic rings. The lowest BCUT2D eigenvalue weighted by Crippen LogP contribution is -2.24. The number of nitrogens with one attached hydrogen (secondary N) is 1. The summed E-state index contributed by atoms with van der Waals surface area (Å²) >= 11 is 0. The predicted octanol–water partition coefficient (Wildman–Crippen LogP) is 4.39. The van der Waals surface area contributed by atoms with Crippen molar-refractivity contribution in [2.45, 2.75) is 45.3 Å². The smallest absolute Gasteiger partial charge is 0.389 e. The molecule has 1 rings (SSSR count). The van der Waals surface area contributed by atoms with Crippen molar-refractivity contribution >= 4 is 0 Å². The minimum atomic E-state index is -4.13. The second-order valence-corrected chi connectivity index (χ2v) is 4.91. The van der Waals surface area contributed by atoms with E-state index in [1.165, 1.54) is 0 Å². The Labute approximate surface area is 118 Å². The number of ether oxygens (including phenoxy) is 1. The lowest BCUT2D eigenvalue weighted by Gasteiger charge is -2.22. The number of hydrogen-bond donors (Lipinski definition) is 1. The number of benzene rings is 1. The molecule has 1 N–H and O–H groups in total. The zero-order valence-corrected chi connectivity index (χ0v) is 12.2. The molecule has 0 spiro atoms. The molecule has 1 atom stereocenters. The van der Waals surface area contributed by atoms with E-state index in [1.54, 1.807) is 7.11 Å². The van der Waals surface area contributed by atoms with Crippen molar-refractivity contribution < 1.29 is 17.9 Å². The second kappa shape index (κ2) is 7.53. The summed E-state index contributed by atoms with van der Waals surface area (Å²) in [5.74, 6) is 0.640. The maximum atomic E-state index is 12.4. The van der Waals surface area contributed by atoms with Crippen molar-refractivity contribution in [3.63, 3.8) is 0 Å². The van der Waals surface area contributed by atoms with E-state index >= 15 is 0 Å². The van der Waals surface area contributed by atoms with Gasteiger partial charge >= 0.3 is 6.18 Å². The molecule has 1 aromatic carbocycles. The summed E-state index contributed by atoms with van der Waals surface area (Å²) in [6, 6.07) is 5.25. The van der Waals surface area contributed by atoms with Crippen LogP contribution in [0.1, 0.15) is 43.4 Å². The van der Waals surface area contributed by atoms with Gasteiger partial charge in [-0.05, 0) is 37.9 Å². The Morgan fingerprint density at radius 3 is 2.55 bits per heavy atom. The minimum Gasteiger partial charge on any atom is -0.496 e. The summed E-state index contributed by atoms with van der Waals surface area (Å²) in [6.07, 6.45) is -4.05. The normalized spacial score (nSPS) is 13.3. The van der Waals surface area contributed by atoms with Crippen molar-refractivity contribution in [3.8, 4) is 5.75 Å². The van der Waals surface area contributed by atoms with Crippen molar-refractivity contribution in [2.75, 3.05) is 13.7 Å². The van der Waals surface area contributed by atoms with Crippen LogP contribution in [0.4, 0.5) is 13.2 Å². The summed E-state index contributed by atoms with van der Waals surface area (Å²) in [6.45, 7) is 4.59. The van der Waals surface area contributed by atoms with Gasteiger partial charge < -0.3 is 10.1 Å². The third-order valence-corrected chi connectivity index (χ3v) is 3.12. The van der Waals surface area contributed by atoms with Gasteiger partial charge in [0.15, 0.2) is 0 Å². The van der Waals surface area contributed by atoms with Gasteiger partial charge in [-0.15, -0.1) is 0 Å². The van der Waals surface area contributed by atoms with E-state index in [1.807, 2.05) is 32.0 Å². The highest BCUT2D eigenvalue weighted by Gasteiger charge is 2.29. The Hall–Kier alpha value is -1.23. The molecule has 0 aromatic heterocycles. The van der Waals surface area contributed by atoms with Gasteiger partial charge in [0.1, 0.15) is 5.75 Å². The van der Waals surface area contributed by atoms with Crippen molar-refractivity contribution in [1.29, 1.82) is 0 Å². The van der Waals surface area contributed by atoms with Crippen LogP contribution in [0.2, 0.25) is 0 Å². The number of methoxy groups -OCH3 is 1. The van der Waals surface area contributed by atoms with Gasteiger partial charge in [0.05, 0.1) is 7.11 Å². The number of halogens is 3. The van der Waals surface area contributed by atoms with Gasteiger partial charge in [-0.1, -0.05) is 19.1 Å². The summed E-state index contributed by atoms with van der Waals surface area (Å²) in [5.41, 5.74) is 1.81. The summed E-state index contributed by atoms with van der Waals surface area (Å²) in [5, 5.41) is 3.17. The van der Waals surface area contributed by atoms with E-state index in [2.05, 4.69) is 5.32 Å². The minimum absolute atomic E-state index is 0.0168. The van der Waals surface area contributed by atoms with Crippen LogP contribution in [0.15, 0.2) is 18.2 Å².